The van der Waals surface area contributed by atoms with Gasteiger partial charge in [-0.1, -0.05) is 40.0 Å². The van der Waals surface area contributed by atoms with Crippen LogP contribution in [0.2, 0.25) is 0 Å². The third-order valence-electron chi connectivity index (χ3n) is 2.93. The molecule has 0 aliphatic rings. The highest BCUT2D eigenvalue weighted by molar-refractivity contribution is 4.98. The number of aromatic nitrogens is 3. The van der Waals surface area contributed by atoms with Gasteiger partial charge in [0.1, 0.15) is 17.5 Å². The van der Waals surface area contributed by atoms with Gasteiger partial charge < -0.3 is 0 Å². The second-order valence-electron chi connectivity index (χ2n) is 4.75. The van der Waals surface area contributed by atoms with E-state index < -0.39 is 0 Å². The third kappa shape index (κ3) is 5.56. The van der Waals surface area contributed by atoms with E-state index in [0.29, 0.717) is 0 Å². The van der Waals surface area contributed by atoms with Crippen LogP contribution in [0.25, 0.3) is 0 Å². The van der Waals surface area contributed by atoms with Crippen molar-refractivity contribution in [3.8, 4) is 0 Å². The molecule has 0 fully saturated rings. The van der Waals surface area contributed by atoms with Crippen LogP contribution in [0, 0.1) is 6.92 Å². The summed E-state index contributed by atoms with van der Waals surface area (Å²) in [5.41, 5.74) is 0. The standard InChI is InChI=1S/C15H26N3/c1-4-7-10-13-16-14(11-8-5-2)18-15(17-13)12-9-6-3/h1,4-12H2,2-3H3. The predicted octanol–water partition coefficient (Wildman–Crippen LogP) is 3.71. The first kappa shape index (κ1) is 15.1. The molecule has 1 aromatic heterocycles. The van der Waals surface area contributed by atoms with Crippen molar-refractivity contribution >= 4 is 0 Å². The second-order valence-corrected chi connectivity index (χ2v) is 4.75. The Bertz CT molecular complexity index is 272. The topological polar surface area (TPSA) is 38.7 Å². The molecule has 0 spiro atoms. The van der Waals surface area contributed by atoms with E-state index in [1.54, 1.807) is 0 Å². The minimum absolute atomic E-state index is 0.935. The molecule has 1 aromatic rings. The van der Waals surface area contributed by atoms with E-state index in [1.807, 2.05) is 0 Å². The normalized spacial score (nSPS) is 10.8. The zero-order valence-corrected chi connectivity index (χ0v) is 11.9. The summed E-state index contributed by atoms with van der Waals surface area (Å²) in [6, 6.07) is 0. The highest BCUT2D eigenvalue weighted by Gasteiger charge is 2.06. The molecule has 0 saturated carbocycles. The molecular weight excluding hydrogens is 222 g/mol. The minimum Gasteiger partial charge on any atom is -0.218 e. The van der Waals surface area contributed by atoms with Crippen molar-refractivity contribution in [2.45, 2.75) is 71.6 Å². The zero-order chi connectivity index (χ0) is 13.2. The van der Waals surface area contributed by atoms with Crippen molar-refractivity contribution < 1.29 is 0 Å². The lowest BCUT2D eigenvalue weighted by molar-refractivity contribution is 0.667. The maximum atomic E-state index is 4.58. The monoisotopic (exact) mass is 248 g/mol. The van der Waals surface area contributed by atoms with Gasteiger partial charge in [-0.3, -0.25) is 0 Å². The smallest absolute Gasteiger partial charge is 0.132 e. The number of hydrogen-bond donors (Lipinski definition) is 0. The summed E-state index contributed by atoms with van der Waals surface area (Å²) < 4.78 is 0. The summed E-state index contributed by atoms with van der Waals surface area (Å²) in [7, 11) is 0. The lowest BCUT2D eigenvalue weighted by atomic mass is 10.2. The van der Waals surface area contributed by atoms with E-state index in [2.05, 4.69) is 35.7 Å². The Hall–Kier alpha value is -0.990. The molecule has 1 radical (unpaired) electrons. The highest BCUT2D eigenvalue weighted by atomic mass is 15.0. The third-order valence-corrected chi connectivity index (χ3v) is 2.93. The van der Waals surface area contributed by atoms with Crippen LogP contribution < -0.4 is 0 Å². The van der Waals surface area contributed by atoms with Gasteiger partial charge in [-0.25, -0.2) is 15.0 Å². The first-order valence-corrected chi connectivity index (χ1v) is 7.32. The summed E-state index contributed by atoms with van der Waals surface area (Å²) in [5, 5.41) is 0. The average Bonchev–Trinajstić information content (AvgIpc) is 2.40. The zero-order valence-electron chi connectivity index (χ0n) is 11.9. The molecule has 0 aliphatic heterocycles. The van der Waals surface area contributed by atoms with E-state index in [-0.39, 0.29) is 0 Å². The van der Waals surface area contributed by atoms with Crippen LogP contribution in [0.5, 0.6) is 0 Å². The summed E-state index contributed by atoms with van der Waals surface area (Å²) in [4.78, 5) is 13.7. The molecule has 0 aliphatic carbocycles. The van der Waals surface area contributed by atoms with E-state index in [0.717, 1.165) is 62.4 Å². The van der Waals surface area contributed by atoms with Gasteiger partial charge >= 0.3 is 0 Å². The van der Waals surface area contributed by atoms with E-state index in [4.69, 9.17) is 0 Å². The van der Waals surface area contributed by atoms with Crippen molar-refractivity contribution in [3.05, 3.63) is 24.4 Å². The quantitative estimate of drug-likeness (QED) is 0.668. The molecule has 0 N–H and O–H groups in total. The highest BCUT2D eigenvalue weighted by Crippen LogP contribution is 2.06. The fourth-order valence-corrected chi connectivity index (χ4v) is 1.81. The molecule has 101 valence electrons. The van der Waals surface area contributed by atoms with Gasteiger partial charge in [0.05, 0.1) is 0 Å². The van der Waals surface area contributed by atoms with Gasteiger partial charge in [-0.15, -0.1) is 0 Å². The molecule has 0 bridgehead atoms. The fourth-order valence-electron chi connectivity index (χ4n) is 1.81. The SMILES string of the molecule is [CH2]CCCc1nc(CCCC)nc(CCCC)n1. The van der Waals surface area contributed by atoms with Crippen molar-refractivity contribution in [3.63, 3.8) is 0 Å². The summed E-state index contributed by atoms with van der Waals surface area (Å²) >= 11 is 0. The van der Waals surface area contributed by atoms with Crippen molar-refractivity contribution in [1.82, 2.24) is 15.0 Å². The second kappa shape index (κ2) is 9.01. The molecule has 1 heterocycles. The predicted molar refractivity (Wildman–Crippen MR) is 75.3 cm³/mol. The summed E-state index contributed by atoms with van der Waals surface area (Å²) in [5.74, 6) is 2.93. The number of unbranched alkanes of at least 4 members (excludes halogenated alkanes) is 3. The molecule has 3 heteroatoms. The van der Waals surface area contributed by atoms with Crippen LogP contribution in [-0.4, -0.2) is 15.0 Å². The first-order chi connectivity index (χ1) is 8.80. The van der Waals surface area contributed by atoms with Gasteiger partial charge in [0.25, 0.3) is 0 Å². The molecule has 18 heavy (non-hydrogen) atoms. The average molecular weight is 248 g/mol. The molecular formula is C15H26N3. The van der Waals surface area contributed by atoms with Gasteiger partial charge in [0.15, 0.2) is 0 Å². The molecule has 1 rings (SSSR count). The van der Waals surface area contributed by atoms with Crippen LogP contribution in [0.15, 0.2) is 0 Å². The Morgan fingerprint density at radius 3 is 1.44 bits per heavy atom. The molecule has 0 saturated heterocycles. The number of nitrogens with zero attached hydrogens (tertiary/aromatic N) is 3. The van der Waals surface area contributed by atoms with Crippen LogP contribution in [0.1, 0.15) is 69.8 Å². The van der Waals surface area contributed by atoms with E-state index in [1.165, 1.54) is 12.8 Å². The van der Waals surface area contributed by atoms with Gasteiger partial charge in [0.2, 0.25) is 0 Å². The minimum atomic E-state index is 0.935. The lowest BCUT2D eigenvalue weighted by Gasteiger charge is -2.06. The number of rotatable bonds is 9. The van der Waals surface area contributed by atoms with Crippen molar-refractivity contribution in [2.24, 2.45) is 0 Å². The Morgan fingerprint density at radius 1 is 0.722 bits per heavy atom. The molecule has 0 atom stereocenters. The maximum absolute atomic E-state index is 4.58. The van der Waals surface area contributed by atoms with E-state index >= 15 is 0 Å². The van der Waals surface area contributed by atoms with Crippen LogP contribution in [0.4, 0.5) is 0 Å². The van der Waals surface area contributed by atoms with Crippen molar-refractivity contribution in [2.75, 3.05) is 0 Å². The lowest BCUT2D eigenvalue weighted by Crippen LogP contribution is -2.08. The van der Waals surface area contributed by atoms with E-state index in [9.17, 15) is 0 Å². The van der Waals surface area contributed by atoms with Gasteiger partial charge in [-0.2, -0.15) is 0 Å². The summed E-state index contributed by atoms with van der Waals surface area (Å²) in [6.07, 6.45) is 9.59. The van der Waals surface area contributed by atoms with Crippen molar-refractivity contribution in [1.29, 1.82) is 0 Å². The largest absolute Gasteiger partial charge is 0.218 e. The summed E-state index contributed by atoms with van der Waals surface area (Å²) in [6.45, 7) is 8.27. The Balaban J connectivity index is 2.74. The molecule has 0 amide bonds. The number of hydrogen-bond acceptors (Lipinski definition) is 3. The fraction of sp³-hybridized carbons (Fsp3) is 0.733. The Labute approximate surface area is 111 Å². The first-order valence-electron chi connectivity index (χ1n) is 7.32. The maximum Gasteiger partial charge on any atom is 0.132 e. The molecule has 3 nitrogen and oxygen atoms in total. The molecule has 0 unspecified atom stereocenters. The number of aryl methyl sites for hydroxylation is 3. The Kier molecular flexibility index (Phi) is 7.54. The molecule has 0 aromatic carbocycles. The van der Waals surface area contributed by atoms with Gasteiger partial charge in [0, 0.05) is 19.3 Å². The van der Waals surface area contributed by atoms with Gasteiger partial charge in [-0.05, 0) is 19.3 Å². The van der Waals surface area contributed by atoms with Crippen LogP contribution in [0.3, 0.4) is 0 Å². The Morgan fingerprint density at radius 2 is 1.11 bits per heavy atom. The van der Waals surface area contributed by atoms with Crippen LogP contribution in [-0.2, 0) is 19.3 Å². The van der Waals surface area contributed by atoms with Crippen LogP contribution >= 0.6 is 0 Å².